The summed E-state index contributed by atoms with van der Waals surface area (Å²) < 4.78 is 1.78. The second-order valence-electron chi connectivity index (χ2n) is 7.94. The Bertz CT molecular complexity index is 1190. The monoisotopic (exact) mass is 480 g/mol. The molecule has 0 aliphatic rings. The number of benzene rings is 2. The van der Waals surface area contributed by atoms with Gasteiger partial charge in [0.05, 0.1) is 12.7 Å². The first kappa shape index (κ1) is 25.0. The molecule has 0 saturated carbocycles. The van der Waals surface area contributed by atoms with Crippen molar-refractivity contribution < 1.29 is 19.5 Å². The van der Waals surface area contributed by atoms with Gasteiger partial charge in [-0.1, -0.05) is 24.3 Å². The standard InChI is InChI=1S/C25H28N4O4S/c1-16-6-4-5-7-19(16)21-12-17(27-23(30)13-18-14-26-15-29(18)2)8-9-20(21)24(31)28-22(25(32)33)10-11-34-3/h4-9,12,14-15,22H,10-11,13H2,1-3H3,(H,27,30)(H,28,31)(H,32,33)/t22-/m0/s1. The molecule has 0 radical (unpaired) electrons. The van der Waals surface area contributed by atoms with E-state index in [1.165, 1.54) is 11.8 Å². The Morgan fingerprint density at radius 3 is 2.56 bits per heavy atom. The Balaban J connectivity index is 1.91. The Morgan fingerprint density at radius 2 is 1.91 bits per heavy atom. The van der Waals surface area contributed by atoms with Gasteiger partial charge in [-0.05, 0) is 60.2 Å². The molecule has 9 heteroatoms. The second-order valence-corrected chi connectivity index (χ2v) is 8.93. The molecular formula is C25H28N4O4S. The van der Waals surface area contributed by atoms with Crippen molar-refractivity contribution in [3.63, 3.8) is 0 Å². The molecular weight excluding hydrogens is 452 g/mol. The number of nitrogens with one attached hydrogen (secondary N) is 2. The van der Waals surface area contributed by atoms with Gasteiger partial charge in [0.1, 0.15) is 6.04 Å². The topological polar surface area (TPSA) is 113 Å². The largest absolute Gasteiger partial charge is 0.480 e. The van der Waals surface area contributed by atoms with E-state index in [0.717, 1.165) is 16.8 Å². The summed E-state index contributed by atoms with van der Waals surface area (Å²) in [6.45, 7) is 1.93. The molecule has 8 nitrogen and oxygen atoms in total. The lowest BCUT2D eigenvalue weighted by molar-refractivity contribution is -0.139. The van der Waals surface area contributed by atoms with Gasteiger partial charge in [0, 0.05) is 30.2 Å². The van der Waals surface area contributed by atoms with Gasteiger partial charge in [0.25, 0.3) is 5.91 Å². The molecule has 0 aliphatic heterocycles. The molecule has 0 spiro atoms. The molecule has 0 aliphatic carbocycles. The predicted molar refractivity (Wildman–Crippen MR) is 134 cm³/mol. The fourth-order valence-corrected chi connectivity index (χ4v) is 4.04. The smallest absolute Gasteiger partial charge is 0.326 e. The van der Waals surface area contributed by atoms with Crippen LogP contribution in [0.15, 0.2) is 55.0 Å². The third-order valence-electron chi connectivity index (χ3n) is 5.46. The Hall–Kier alpha value is -3.59. The van der Waals surface area contributed by atoms with Gasteiger partial charge in [-0.25, -0.2) is 9.78 Å². The van der Waals surface area contributed by atoms with Crippen LogP contribution in [0.4, 0.5) is 5.69 Å². The molecule has 2 amide bonds. The number of imidazole rings is 1. The zero-order chi connectivity index (χ0) is 24.7. The van der Waals surface area contributed by atoms with Crippen molar-refractivity contribution in [3.05, 3.63) is 71.8 Å². The second kappa shape index (κ2) is 11.5. The minimum absolute atomic E-state index is 0.161. The highest BCUT2D eigenvalue weighted by molar-refractivity contribution is 7.98. The van der Waals surface area contributed by atoms with Crippen LogP contribution in [-0.2, 0) is 23.1 Å². The number of rotatable bonds is 10. The number of carboxylic acid groups (broad SMARTS) is 1. The molecule has 0 saturated heterocycles. The maximum Gasteiger partial charge on any atom is 0.326 e. The number of aliphatic carboxylic acids is 1. The Labute approximate surface area is 202 Å². The van der Waals surface area contributed by atoms with E-state index >= 15 is 0 Å². The number of anilines is 1. The van der Waals surface area contributed by atoms with Gasteiger partial charge in [-0.3, -0.25) is 9.59 Å². The molecule has 3 rings (SSSR count). The number of aryl methyl sites for hydroxylation is 2. The lowest BCUT2D eigenvalue weighted by Gasteiger charge is -2.18. The van der Waals surface area contributed by atoms with Crippen molar-refractivity contribution in [2.45, 2.75) is 25.8 Å². The summed E-state index contributed by atoms with van der Waals surface area (Å²) in [5.74, 6) is -1.14. The average molecular weight is 481 g/mol. The number of carbonyl (C=O) groups excluding carboxylic acids is 2. The number of amides is 2. The number of hydrogen-bond donors (Lipinski definition) is 3. The highest BCUT2D eigenvalue weighted by Crippen LogP contribution is 2.30. The number of carbonyl (C=O) groups is 3. The van der Waals surface area contributed by atoms with Gasteiger partial charge in [-0.15, -0.1) is 0 Å². The summed E-state index contributed by atoms with van der Waals surface area (Å²) in [7, 11) is 1.82. The number of thioether (sulfide) groups is 1. The van der Waals surface area contributed by atoms with Crippen molar-refractivity contribution in [2.24, 2.45) is 7.05 Å². The van der Waals surface area contributed by atoms with Gasteiger partial charge in [0.15, 0.2) is 0 Å². The lowest BCUT2D eigenvalue weighted by atomic mass is 9.94. The molecule has 178 valence electrons. The van der Waals surface area contributed by atoms with E-state index in [0.29, 0.717) is 29.0 Å². The van der Waals surface area contributed by atoms with Crippen LogP contribution in [0.5, 0.6) is 0 Å². The minimum Gasteiger partial charge on any atom is -0.480 e. The summed E-state index contributed by atoms with van der Waals surface area (Å²) >= 11 is 1.52. The first-order valence-corrected chi connectivity index (χ1v) is 12.2. The van der Waals surface area contributed by atoms with Crippen LogP contribution in [0, 0.1) is 6.92 Å². The SMILES string of the molecule is CSCC[C@H](NC(=O)c1ccc(NC(=O)Cc2cncn2C)cc1-c1ccccc1C)C(=O)O. The fourth-order valence-electron chi connectivity index (χ4n) is 3.57. The van der Waals surface area contributed by atoms with Crippen molar-refractivity contribution in [2.75, 3.05) is 17.3 Å². The molecule has 2 aromatic carbocycles. The average Bonchev–Trinajstić information content (AvgIpc) is 3.20. The summed E-state index contributed by atoms with van der Waals surface area (Å²) in [5.41, 5.74) is 4.05. The number of nitrogens with zero attached hydrogens (tertiary/aromatic N) is 2. The van der Waals surface area contributed by atoms with Crippen LogP contribution >= 0.6 is 11.8 Å². The van der Waals surface area contributed by atoms with Crippen molar-refractivity contribution >= 4 is 35.2 Å². The quantitative estimate of drug-likeness (QED) is 0.409. The lowest BCUT2D eigenvalue weighted by Crippen LogP contribution is -2.41. The Kier molecular flexibility index (Phi) is 8.48. The van der Waals surface area contributed by atoms with Crippen LogP contribution in [0.1, 0.15) is 28.0 Å². The van der Waals surface area contributed by atoms with Crippen LogP contribution in [0.3, 0.4) is 0 Å². The van der Waals surface area contributed by atoms with E-state index in [1.807, 2.05) is 44.5 Å². The molecule has 0 bridgehead atoms. The summed E-state index contributed by atoms with van der Waals surface area (Å²) in [6, 6.07) is 11.6. The van der Waals surface area contributed by atoms with E-state index < -0.39 is 17.9 Å². The van der Waals surface area contributed by atoms with Gasteiger partial charge in [0.2, 0.25) is 5.91 Å². The van der Waals surface area contributed by atoms with Gasteiger partial charge < -0.3 is 20.3 Å². The molecule has 3 N–H and O–H groups in total. The van der Waals surface area contributed by atoms with E-state index in [2.05, 4.69) is 15.6 Å². The van der Waals surface area contributed by atoms with Crippen LogP contribution in [0.25, 0.3) is 11.1 Å². The predicted octanol–water partition coefficient (Wildman–Crippen LogP) is 3.51. The molecule has 1 aromatic heterocycles. The van der Waals surface area contributed by atoms with E-state index in [9.17, 15) is 19.5 Å². The summed E-state index contributed by atoms with van der Waals surface area (Å²) in [4.78, 5) is 41.4. The normalized spacial score (nSPS) is 11.6. The first-order valence-electron chi connectivity index (χ1n) is 10.8. The fraction of sp³-hybridized carbons (Fsp3) is 0.280. The number of hydrogen-bond acceptors (Lipinski definition) is 5. The molecule has 34 heavy (non-hydrogen) atoms. The van der Waals surface area contributed by atoms with Gasteiger partial charge >= 0.3 is 5.97 Å². The maximum atomic E-state index is 13.1. The van der Waals surface area contributed by atoms with Crippen molar-refractivity contribution in [1.29, 1.82) is 0 Å². The number of aromatic nitrogens is 2. The molecule has 3 aromatic rings. The molecule has 1 heterocycles. The number of carboxylic acids is 1. The zero-order valence-electron chi connectivity index (χ0n) is 19.4. The summed E-state index contributed by atoms with van der Waals surface area (Å²) in [5, 5.41) is 15.0. The summed E-state index contributed by atoms with van der Waals surface area (Å²) in [6.07, 6.45) is 5.65. The highest BCUT2D eigenvalue weighted by atomic mass is 32.2. The molecule has 0 fully saturated rings. The Morgan fingerprint density at radius 1 is 1.15 bits per heavy atom. The third-order valence-corrected chi connectivity index (χ3v) is 6.10. The van der Waals surface area contributed by atoms with E-state index in [-0.39, 0.29) is 12.3 Å². The molecule has 0 unspecified atom stereocenters. The third kappa shape index (κ3) is 6.26. The highest BCUT2D eigenvalue weighted by Gasteiger charge is 2.23. The molecule has 1 atom stereocenters. The van der Waals surface area contributed by atoms with E-state index in [4.69, 9.17) is 0 Å². The zero-order valence-corrected chi connectivity index (χ0v) is 20.2. The maximum absolute atomic E-state index is 13.1. The minimum atomic E-state index is -1.07. The van der Waals surface area contributed by atoms with Crippen LogP contribution in [-0.4, -0.2) is 50.5 Å². The van der Waals surface area contributed by atoms with E-state index in [1.54, 1.807) is 35.3 Å². The van der Waals surface area contributed by atoms with Crippen molar-refractivity contribution in [3.8, 4) is 11.1 Å². The van der Waals surface area contributed by atoms with Crippen LogP contribution < -0.4 is 10.6 Å². The van der Waals surface area contributed by atoms with Crippen LogP contribution in [0.2, 0.25) is 0 Å². The van der Waals surface area contributed by atoms with Gasteiger partial charge in [-0.2, -0.15) is 11.8 Å². The first-order chi connectivity index (χ1) is 16.3. The van der Waals surface area contributed by atoms with Crippen molar-refractivity contribution in [1.82, 2.24) is 14.9 Å².